The van der Waals surface area contributed by atoms with Crippen LogP contribution >= 0.6 is 11.6 Å². The fraction of sp³-hybridized carbons (Fsp3) is 0.261. The maximum atomic E-state index is 12.9. The van der Waals surface area contributed by atoms with Gasteiger partial charge in [-0.2, -0.15) is 0 Å². The second-order valence-electron chi connectivity index (χ2n) is 7.47. The van der Waals surface area contributed by atoms with Gasteiger partial charge in [0.05, 0.1) is 22.0 Å². The van der Waals surface area contributed by atoms with Gasteiger partial charge in [0.1, 0.15) is 5.82 Å². The molecule has 1 aliphatic heterocycles. The van der Waals surface area contributed by atoms with E-state index in [1.165, 1.54) is 0 Å². The van der Waals surface area contributed by atoms with Crippen LogP contribution in [0.5, 0.6) is 0 Å². The minimum Gasteiger partial charge on any atom is -0.354 e. The van der Waals surface area contributed by atoms with Gasteiger partial charge in [-0.1, -0.05) is 17.7 Å². The third kappa shape index (κ3) is 4.45. The molecule has 30 heavy (non-hydrogen) atoms. The van der Waals surface area contributed by atoms with Crippen LogP contribution in [0.4, 0.5) is 11.5 Å². The van der Waals surface area contributed by atoms with Crippen molar-refractivity contribution in [2.75, 3.05) is 29.9 Å². The summed E-state index contributed by atoms with van der Waals surface area (Å²) in [4.78, 5) is 24.2. The molecule has 154 valence electrons. The normalized spacial score (nSPS) is 16.4. The average Bonchev–Trinajstić information content (AvgIpc) is 2.75. The quantitative estimate of drug-likeness (QED) is 0.662. The van der Waals surface area contributed by atoms with E-state index in [0.717, 1.165) is 36.7 Å². The third-order valence-corrected chi connectivity index (χ3v) is 5.50. The molecular weight excluding hydrogens is 398 g/mol. The van der Waals surface area contributed by atoms with Crippen LogP contribution in [0.2, 0.25) is 5.02 Å². The van der Waals surface area contributed by atoms with Gasteiger partial charge in [0.2, 0.25) is 0 Å². The number of aryl methyl sites for hydroxylation is 1. The Morgan fingerprint density at radius 1 is 1.23 bits per heavy atom. The molecule has 0 radical (unpaired) electrons. The largest absolute Gasteiger partial charge is 0.354 e. The number of pyridine rings is 2. The summed E-state index contributed by atoms with van der Waals surface area (Å²) >= 11 is 6.34. The van der Waals surface area contributed by atoms with Crippen molar-refractivity contribution in [3.63, 3.8) is 0 Å². The number of nitrogens with one attached hydrogen (secondary N) is 2. The van der Waals surface area contributed by atoms with Gasteiger partial charge < -0.3 is 15.5 Å². The van der Waals surface area contributed by atoms with E-state index in [2.05, 4.69) is 32.4 Å². The maximum Gasteiger partial charge on any atom is 0.257 e. The Morgan fingerprint density at radius 2 is 2.10 bits per heavy atom. The number of nitrogens with zero attached hydrogens (tertiary/aromatic N) is 3. The van der Waals surface area contributed by atoms with Gasteiger partial charge in [-0.15, -0.1) is 0 Å². The Bertz CT molecular complexity index is 1060. The predicted molar refractivity (Wildman–Crippen MR) is 121 cm³/mol. The number of amides is 1. The summed E-state index contributed by atoms with van der Waals surface area (Å²) in [6, 6.07) is 15.2. The second kappa shape index (κ2) is 8.81. The van der Waals surface area contributed by atoms with E-state index >= 15 is 0 Å². The minimum absolute atomic E-state index is 0.200. The fourth-order valence-corrected chi connectivity index (χ4v) is 3.84. The first-order valence-electron chi connectivity index (χ1n) is 9.99. The van der Waals surface area contributed by atoms with E-state index in [9.17, 15) is 4.79 Å². The molecule has 2 aromatic heterocycles. The topological polar surface area (TPSA) is 70.2 Å². The third-order valence-electron chi connectivity index (χ3n) is 5.17. The van der Waals surface area contributed by atoms with Crippen molar-refractivity contribution >= 4 is 29.0 Å². The van der Waals surface area contributed by atoms with Gasteiger partial charge in [0.15, 0.2) is 0 Å². The molecule has 1 fully saturated rings. The first-order valence-corrected chi connectivity index (χ1v) is 10.4. The molecule has 0 unspecified atom stereocenters. The molecule has 1 amide bonds. The maximum absolute atomic E-state index is 12.9. The number of carbonyl (C=O) groups excluding carboxylic acids is 1. The number of hydrogen-bond donors (Lipinski definition) is 2. The second-order valence-corrected chi connectivity index (χ2v) is 7.87. The molecule has 6 nitrogen and oxygen atoms in total. The highest BCUT2D eigenvalue weighted by Gasteiger charge is 2.19. The van der Waals surface area contributed by atoms with Crippen molar-refractivity contribution in [2.45, 2.75) is 19.9 Å². The van der Waals surface area contributed by atoms with Crippen molar-refractivity contribution in [2.24, 2.45) is 0 Å². The fourth-order valence-electron chi connectivity index (χ4n) is 3.62. The lowest BCUT2D eigenvalue weighted by molar-refractivity contribution is 0.102. The molecule has 0 spiro atoms. The first kappa shape index (κ1) is 20.3. The standard InChI is InChI=1S/C23H24ClN5O/c1-15-14-29(12-11-25-15)22-9-7-18(16(2)27-22)23(30)28-17-6-8-20(24)19(13-17)21-5-3-4-10-26-21/h3-10,13,15,25H,11-12,14H2,1-2H3,(H,28,30)/t15-/m1/s1. The van der Waals surface area contributed by atoms with Crippen LogP contribution in [0.1, 0.15) is 23.0 Å². The van der Waals surface area contributed by atoms with E-state index in [0.29, 0.717) is 28.0 Å². The SMILES string of the molecule is Cc1nc(N2CCN[C@H](C)C2)ccc1C(=O)Nc1ccc(Cl)c(-c2ccccn2)c1. The number of halogens is 1. The zero-order valence-corrected chi connectivity index (χ0v) is 17.8. The van der Waals surface area contributed by atoms with Crippen LogP contribution in [0.25, 0.3) is 11.3 Å². The summed E-state index contributed by atoms with van der Waals surface area (Å²) in [7, 11) is 0. The number of piperazine rings is 1. The molecule has 3 heterocycles. The minimum atomic E-state index is -0.200. The van der Waals surface area contributed by atoms with Crippen LogP contribution < -0.4 is 15.5 Å². The first-order chi connectivity index (χ1) is 14.5. The molecule has 1 atom stereocenters. The van der Waals surface area contributed by atoms with E-state index in [4.69, 9.17) is 11.6 Å². The summed E-state index contributed by atoms with van der Waals surface area (Å²) in [5, 5.41) is 6.96. The van der Waals surface area contributed by atoms with Gasteiger partial charge in [-0.05, 0) is 56.3 Å². The summed E-state index contributed by atoms with van der Waals surface area (Å²) in [5.41, 5.74) is 3.44. The molecule has 1 aliphatic rings. The molecular formula is C23H24ClN5O. The molecule has 2 N–H and O–H groups in total. The van der Waals surface area contributed by atoms with Crippen molar-refractivity contribution in [1.82, 2.24) is 15.3 Å². The van der Waals surface area contributed by atoms with Crippen molar-refractivity contribution in [3.8, 4) is 11.3 Å². The number of rotatable bonds is 4. The number of carbonyl (C=O) groups is 1. The van der Waals surface area contributed by atoms with Crippen molar-refractivity contribution in [3.05, 3.63) is 71.0 Å². The van der Waals surface area contributed by atoms with Crippen LogP contribution in [0.15, 0.2) is 54.7 Å². The number of benzene rings is 1. The van der Waals surface area contributed by atoms with Crippen LogP contribution in [-0.4, -0.2) is 41.6 Å². The van der Waals surface area contributed by atoms with Gasteiger partial charge in [0.25, 0.3) is 5.91 Å². The number of aromatic nitrogens is 2. The van der Waals surface area contributed by atoms with Gasteiger partial charge in [0, 0.05) is 43.1 Å². The monoisotopic (exact) mass is 421 g/mol. The molecule has 0 saturated carbocycles. The Labute approximate surface area is 181 Å². The molecule has 1 saturated heterocycles. The van der Waals surface area contributed by atoms with Gasteiger partial charge in [-0.25, -0.2) is 4.98 Å². The Morgan fingerprint density at radius 3 is 2.83 bits per heavy atom. The highest BCUT2D eigenvalue weighted by atomic mass is 35.5. The lowest BCUT2D eigenvalue weighted by Gasteiger charge is -2.33. The number of anilines is 2. The average molecular weight is 422 g/mol. The Kier molecular flexibility index (Phi) is 5.97. The lowest BCUT2D eigenvalue weighted by Crippen LogP contribution is -2.49. The smallest absolute Gasteiger partial charge is 0.257 e. The summed E-state index contributed by atoms with van der Waals surface area (Å²) in [6.45, 7) is 6.76. The summed E-state index contributed by atoms with van der Waals surface area (Å²) in [5.74, 6) is 0.704. The number of hydrogen-bond acceptors (Lipinski definition) is 5. The Balaban J connectivity index is 1.53. The molecule has 0 aliphatic carbocycles. The molecule has 0 bridgehead atoms. The summed E-state index contributed by atoms with van der Waals surface area (Å²) in [6.07, 6.45) is 1.71. The molecule has 4 rings (SSSR count). The van der Waals surface area contributed by atoms with Crippen molar-refractivity contribution < 1.29 is 4.79 Å². The summed E-state index contributed by atoms with van der Waals surface area (Å²) < 4.78 is 0. The van der Waals surface area contributed by atoms with Gasteiger partial charge in [-0.3, -0.25) is 9.78 Å². The van der Waals surface area contributed by atoms with E-state index in [1.807, 2.05) is 43.3 Å². The predicted octanol–water partition coefficient (Wildman–Crippen LogP) is 4.16. The van der Waals surface area contributed by atoms with Gasteiger partial charge >= 0.3 is 0 Å². The van der Waals surface area contributed by atoms with Crippen LogP contribution in [0, 0.1) is 6.92 Å². The zero-order valence-electron chi connectivity index (χ0n) is 17.0. The molecule has 7 heteroatoms. The van der Waals surface area contributed by atoms with E-state index < -0.39 is 0 Å². The van der Waals surface area contributed by atoms with Crippen molar-refractivity contribution in [1.29, 1.82) is 0 Å². The lowest BCUT2D eigenvalue weighted by atomic mass is 10.1. The van der Waals surface area contributed by atoms with E-state index in [1.54, 1.807) is 18.3 Å². The highest BCUT2D eigenvalue weighted by Crippen LogP contribution is 2.29. The zero-order chi connectivity index (χ0) is 21.1. The molecule has 1 aromatic carbocycles. The van der Waals surface area contributed by atoms with Crippen LogP contribution in [-0.2, 0) is 0 Å². The molecule has 3 aromatic rings. The van der Waals surface area contributed by atoms with E-state index in [-0.39, 0.29) is 5.91 Å². The highest BCUT2D eigenvalue weighted by molar-refractivity contribution is 6.33. The van der Waals surface area contributed by atoms with Crippen LogP contribution in [0.3, 0.4) is 0 Å². The Hall–Kier alpha value is -2.96.